The zero-order chi connectivity index (χ0) is 16.7. The lowest BCUT2D eigenvalue weighted by Gasteiger charge is -2.48. The van der Waals surface area contributed by atoms with Gasteiger partial charge in [0.15, 0.2) is 0 Å². The number of carbonyl (C=O) groups excluding carboxylic acids is 1. The van der Waals surface area contributed by atoms with Gasteiger partial charge in [-0.15, -0.1) is 0 Å². The van der Waals surface area contributed by atoms with Gasteiger partial charge in [-0.2, -0.15) is 0 Å². The summed E-state index contributed by atoms with van der Waals surface area (Å²) in [6.45, 7) is 8.82. The van der Waals surface area contributed by atoms with Gasteiger partial charge >= 0.3 is 0 Å². The second kappa shape index (κ2) is 6.18. The van der Waals surface area contributed by atoms with Gasteiger partial charge in [0.1, 0.15) is 0 Å². The predicted molar refractivity (Wildman–Crippen MR) is 96.8 cm³/mol. The minimum absolute atomic E-state index is 0.356. The standard InChI is InChI=1S/C21H30N2O/c1-16-4-5-18(12-17(16)2)13-22-11-3-9-21(14-22)10-8-20(24)23(15-21)19-6-7-19/h4-5,12,19H,3,6-11,13-15H2,1-2H3/t21-/m0/s1. The fourth-order valence-corrected chi connectivity index (χ4v) is 4.70. The van der Waals surface area contributed by atoms with Crippen molar-refractivity contribution in [2.45, 2.75) is 65.0 Å². The molecule has 4 rings (SSSR count). The lowest BCUT2D eigenvalue weighted by atomic mass is 9.73. The van der Waals surface area contributed by atoms with Gasteiger partial charge < -0.3 is 4.90 Å². The van der Waals surface area contributed by atoms with Crippen molar-refractivity contribution < 1.29 is 4.79 Å². The summed E-state index contributed by atoms with van der Waals surface area (Å²) in [6, 6.07) is 7.45. The van der Waals surface area contributed by atoms with Gasteiger partial charge in [0.2, 0.25) is 5.91 Å². The summed E-state index contributed by atoms with van der Waals surface area (Å²) < 4.78 is 0. The highest BCUT2D eigenvalue weighted by Gasteiger charge is 2.45. The van der Waals surface area contributed by atoms with Crippen molar-refractivity contribution >= 4 is 5.91 Å². The maximum Gasteiger partial charge on any atom is 0.222 e. The zero-order valence-electron chi connectivity index (χ0n) is 15.2. The zero-order valence-corrected chi connectivity index (χ0v) is 15.2. The summed E-state index contributed by atoms with van der Waals surface area (Å²) in [7, 11) is 0. The number of likely N-dealkylation sites (tertiary alicyclic amines) is 2. The fraction of sp³-hybridized carbons (Fsp3) is 0.667. The minimum Gasteiger partial charge on any atom is -0.339 e. The Labute approximate surface area is 146 Å². The van der Waals surface area contributed by atoms with Crippen molar-refractivity contribution in [1.29, 1.82) is 0 Å². The summed E-state index contributed by atoms with van der Waals surface area (Å²) in [5, 5.41) is 0. The molecule has 1 aromatic rings. The molecule has 3 heteroatoms. The first-order valence-electron chi connectivity index (χ1n) is 9.63. The van der Waals surface area contributed by atoms with Crippen LogP contribution in [0.25, 0.3) is 0 Å². The van der Waals surface area contributed by atoms with Crippen molar-refractivity contribution in [2.24, 2.45) is 5.41 Å². The second-order valence-corrected chi connectivity index (χ2v) is 8.49. The molecule has 0 unspecified atom stereocenters. The quantitative estimate of drug-likeness (QED) is 0.846. The van der Waals surface area contributed by atoms with Crippen LogP contribution in [0, 0.1) is 19.3 Å². The first-order valence-corrected chi connectivity index (χ1v) is 9.63. The van der Waals surface area contributed by atoms with Gasteiger partial charge in [0.05, 0.1) is 0 Å². The highest BCUT2D eigenvalue weighted by atomic mass is 16.2. The van der Waals surface area contributed by atoms with E-state index in [1.54, 1.807) is 0 Å². The molecular weight excluding hydrogens is 296 g/mol. The summed E-state index contributed by atoms with van der Waals surface area (Å²) in [5.41, 5.74) is 4.55. The van der Waals surface area contributed by atoms with Crippen LogP contribution in [0.15, 0.2) is 18.2 Å². The molecule has 1 atom stereocenters. The van der Waals surface area contributed by atoms with Crippen LogP contribution >= 0.6 is 0 Å². The molecule has 0 bridgehead atoms. The van der Waals surface area contributed by atoms with Crippen LogP contribution < -0.4 is 0 Å². The van der Waals surface area contributed by atoms with Gasteiger partial charge in [0, 0.05) is 37.5 Å². The fourth-order valence-electron chi connectivity index (χ4n) is 4.70. The number of amides is 1. The Bertz CT molecular complexity index is 637. The van der Waals surface area contributed by atoms with Crippen molar-refractivity contribution in [3.8, 4) is 0 Å². The largest absolute Gasteiger partial charge is 0.339 e. The lowest BCUT2D eigenvalue weighted by molar-refractivity contribution is -0.140. The molecule has 3 aliphatic rings. The monoisotopic (exact) mass is 326 g/mol. The van der Waals surface area contributed by atoms with Gasteiger partial charge in [-0.05, 0) is 69.2 Å². The van der Waals surface area contributed by atoms with Crippen molar-refractivity contribution in [3.05, 3.63) is 34.9 Å². The number of hydrogen-bond acceptors (Lipinski definition) is 2. The Morgan fingerprint density at radius 3 is 2.71 bits per heavy atom. The third-order valence-corrected chi connectivity index (χ3v) is 6.40. The second-order valence-electron chi connectivity index (χ2n) is 8.49. The minimum atomic E-state index is 0.356. The van der Waals surface area contributed by atoms with Crippen LogP contribution in [0.5, 0.6) is 0 Å². The Morgan fingerprint density at radius 2 is 1.96 bits per heavy atom. The number of piperidine rings is 2. The molecule has 24 heavy (non-hydrogen) atoms. The van der Waals surface area contributed by atoms with Crippen molar-refractivity contribution in [1.82, 2.24) is 9.80 Å². The number of benzene rings is 1. The van der Waals surface area contributed by atoms with Crippen LogP contribution in [-0.4, -0.2) is 41.4 Å². The summed E-state index contributed by atoms with van der Waals surface area (Å²) in [6.07, 6.45) is 6.90. The van der Waals surface area contributed by atoms with Crippen LogP contribution in [0.3, 0.4) is 0 Å². The van der Waals surface area contributed by atoms with E-state index >= 15 is 0 Å². The molecule has 3 fully saturated rings. The van der Waals surface area contributed by atoms with Gasteiger partial charge in [-0.1, -0.05) is 18.2 Å². The highest BCUT2D eigenvalue weighted by Crippen LogP contribution is 2.42. The number of hydrogen-bond donors (Lipinski definition) is 0. The molecule has 3 nitrogen and oxygen atoms in total. The normalized spacial score (nSPS) is 28.6. The van der Waals surface area contributed by atoms with Crippen LogP contribution in [0.2, 0.25) is 0 Å². The predicted octanol–water partition coefficient (Wildman–Crippen LogP) is 3.67. The molecule has 1 aromatic carbocycles. The van der Waals surface area contributed by atoms with E-state index in [-0.39, 0.29) is 0 Å². The number of aryl methyl sites for hydroxylation is 2. The van der Waals surface area contributed by atoms with E-state index in [1.807, 2.05) is 0 Å². The molecule has 0 aromatic heterocycles. The Hall–Kier alpha value is -1.35. The van der Waals surface area contributed by atoms with E-state index in [0.717, 1.165) is 32.5 Å². The van der Waals surface area contributed by atoms with Crippen LogP contribution in [0.1, 0.15) is 55.2 Å². The molecule has 130 valence electrons. The smallest absolute Gasteiger partial charge is 0.222 e. The first-order chi connectivity index (χ1) is 11.5. The van der Waals surface area contributed by atoms with Crippen LogP contribution in [-0.2, 0) is 11.3 Å². The molecule has 1 spiro atoms. The molecule has 1 amide bonds. The Kier molecular flexibility index (Phi) is 4.16. The molecule has 1 aliphatic carbocycles. The van der Waals surface area contributed by atoms with Gasteiger partial charge in [-0.25, -0.2) is 0 Å². The summed E-state index contributed by atoms with van der Waals surface area (Å²) in [5.74, 6) is 0.411. The van der Waals surface area contributed by atoms with Crippen LogP contribution in [0.4, 0.5) is 0 Å². The third-order valence-electron chi connectivity index (χ3n) is 6.40. The maximum absolute atomic E-state index is 12.3. The Morgan fingerprint density at radius 1 is 1.12 bits per heavy atom. The molecular formula is C21H30N2O. The molecule has 1 saturated carbocycles. The van der Waals surface area contributed by atoms with E-state index < -0.39 is 0 Å². The number of nitrogens with zero attached hydrogens (tertiary/aromatic N) is 2. The van der Waals surface area contributed by atoms with E-state index in [0.29, 0.717) is 17.4 Å². The Balaban J connectivity index is 1.45. The first kappa shape index (κ1) is 16.1. The summed E-state index contributed by atoms with van der Waals surface area (Å²) in [4.78, 5) is 17.1. The van der Waals surface area contributed by atoms with E-state index in [2.05, 4.69) is 41.8 Å². The van der Waals surface area contributed by atoms with Crippen molar-refractivity contribution in [3.63, 3.8) is 0 Å². The lowest BCUT2D eigenvalue weighted by Crippen LogP contribution is -2.54. The molecule has 2 saturated heterocycles. The van der Waals surface area contributed by atoms with Crippen molar-refractivity contribution in [2.75, 3.05) is 19.6 Å². The van der Waals surface area contributed by atoms with Gasteiger partial charge in [-0.3, -0.25) is 9.69 Å². The molecule has 2 aliphatic heterocycles. The SMILES string of the molecule is Cc1ccc(CN2CCC[C@]3(CCC(=O)N(C4CC4)C3)C2)cc1C. The number of rotatable bonds is 3. The molecule has 2 heterocycles. The summed E-state index contributed by atoms with van der Waals surface area (Å²) >= 11 is 0. The van der Waals surface area contributed by atoms with E-state index in [1.165, 1.54) is 48.9 Å². The van der Waals surface area contributed by atoms with Gasteiger partial charge in [0.25, 0.3) is 0 Å². The highest BCUT2D eigenvalue weighted by molar-refractivity contribution is 5.78. The average Bonchev–Trinajstić information content (AvgIpc) is 3.39. The number of carbonyl (C=O) groups is 1. The third kappa shape index (κ3) is 3.23. The average molecular weight is 326 g/mol. The maximum atomic E-state index is 12.3. The molecule has 0 radical (unpaired) electrons. The topological polar surface area (TPSA) is 23.6 Å². The molecule has 0 N–H and O–H groups in total. The van der Waals surface area contributed by atoms with E-state index in [4.69, 9.17) is 0 Å². The van der Waals surface area contributed by atoms with E-state index in [9.17, 15) is 4.79 Å².